The van der Waals surface area contributed by atoms with Crippen molar-refractivity contribution in [2.75, 3.05) is 17.1 Å². The van der Waals surface area contributed by atoms with Crippen LogP contribution < -0.4 is 9.73 Å². The molecule has 0 aromatic heterocycles. The normalized spacial score (nSPS) is 11.9. The van der Waals surface area contributed by atoms with Crippen molar-refractivity contribution in [3.8, 4) is 0 Å². The van der Waals surface area contributed by atoms with E-state index in [9.17, 15) is 13.2 Å². The number of hydrogen-bond acceptors (Lipinski definition) is 4. The summed E-state index contributed by atoms with van der Waals surface area (Å²) in [6.45, 7) is 3.46. The number of nitrogens with one attached hydrogen (secondary N) is 1. The highest BCUT2D eigenvalue weighted by molar-refractivity contribution is 14.1. The van der Waals surface area contributed by atoms with Crippen LogP contribution in [0.3, 0.4) is 0 Å². The van der Waals surface area contributed by atoms with E-state index in [1.165, 1.54) is 0 Å². The van der Waals surface area contributed by atoms with Gasteiger partial charge in [-0.3, -0.25) is 9.10 Å². The summed E-state index contributed by atoms with van der Waals surface area (Å²) in [4.78, 5) is 12.3. The first-order chi connectivity index (χ1) is 12.7. The molecule has 1 N–H and O–H groups in total. The van der Waals surface area contributed by atoms with Crippen LogP contribution in [0.15, 0.2) is 53.6 Å². The number of sulfonamides is 1. The molecular formula is C19H22IN3O3S. The Hall–Kier alpha value is -1.94. The third-order valence-corrected chi connectivity index (χ3v) is 5.79. The molecule has 27 heavy (non-hydrogen) atoms. The van der Waals surface area contributed by atoms with Crippen molar-refractivity contribution in [1.29, 1.82) is 0 Å². The van der Waals surface area contributed by atoms with E-state index in [0.29, 0.717) is 11.4 Å². The van der Waals surface area contributed by atoms with Gasteiger partial charge in [0.25, 0.3) is 5.91 Å². The Morgan fingerprint density at radius 1 is 1.11 bits per heavy atom. The van der Waals surface area contributed by atoms with E-state index in [1.807, 2.05) is 43.3 Å². The minimum Gasteiger partial charge on any atom is -0.271 e. The van der Waals surface area contributed by atoms with E-state index in [4.69, 9.17) is 0 Å². The third kappa shape index (κ3) is 6.31. The van der Waals surface area contributed by atoms with Gasteiger partial charge in [-0.2, -0.15) is 5.10 Å². The second-order valence-corrected chi connectivity index (χ2v) is 9.18. The van der Waals surface area contributed by atoms with Gasteiger partial charge in [0.15, 0.2) is 0 Å². The molecule has 0 spiro atoms. The number of anilines is 1. The predicted octanol–water partition coefficient (Wildman–Crippen LogP) is 3.16. The van der Waals surface area contributed by atoms with Crippen LogP contribution in [-0.4, -0.2) is 32.8 Å². The summed E-state index contributed by atoms with van der Waals surface area (Å²) in [5, 5.41) is 4.07. The van der Waals surface area contributed by atoms with Gasteiger partial charge in [-0.15, -0.1) is 0 Å². The zero-order valence-corrected chi connectivity index (χ0v) is 18.4. The summed E-state index contributed by atoms with van der Waals surface area (Å²) in [6, 6.07) is 14.8. The highest BCUT2D eigenvalue weighted by Crippen LogP contribution is 2.18. The molecule has 0 saturated carbocycles. The lowest BCUT2D eigenvalue weighted by Crippen LogP contribution is -2.39. The second kappa shape index (κ2) is 9.32. The fraction of sp³-hybridized carbons (Fsp3) is 0.263. The summed E-state index contributed by atoms with van der Waals surface area (Å²) in [7, 11) is -3.60. The molecule has 0 heterocycles. The number of amides is 1. The van der Waals surface area contributed by atoms with Crippen molar-refractivity contribution in [3.63, 3.8) is 0 Å². The van der Waals surface area contributed by atoms with Crippen molar-refractivity contribution in [3.05, 3.63) is 63.2 Å². The number of carbonyl (C=O) groups excluding carboxylic acids is 1. The maximum absolute atomic E-state index is 12.3. The number of hydrogen-bond donors (Lipinski definition) is 1. The molecule has 0 aliphatic heterocycles. The molecule has 144 valence electrons. The van der Waals surface area contributed by atoms with Gasteiger partial charge in [0.2, 0.25) is 10.0 Å². The lowest BCUT2D eigenvalue weighted by atomic mass is 10.1. The van der Waals surface area contributed by atoms with Gasteiger partial charge in [0.05, 0.1) is 17.7 Å². The first kappa shape index (κ1) is 21.4. The molecule has 2 rings (SSSR count). The molecule has 0 aliphatic rings. The SMILES string of the molecule is CCc1ccc(N(CC(=O)N/N=C(/C)c2ccc(I)cc2)S(C)(=O)=O)cc1. The van der Waals surface area contributed by atoms with Gasteiger partial charge in [0.1, 0.15) is 6.54 Å². The molecule has 0 fully saturated rings. The molecule has 0 unspecified atom stereocenters. The van der Waals surface area contributed by atoms with Crippen molar-refractivity contribution in [2.24, 2.45) is 5.10 Å². The zero-order valence-electron chi connectivity index (χ0n) is 15.4. The van der Waals surface area contributed by atoms with Crippen molar-refractivity contribution in [1.82, 2.24) is 5.43 Å². The lowest BCUT2D eigenvalue weighted by molar-refractivity contribution is -0.119. The molecule has 0 aliphatic carbocycles. The molecule has 6 nitrogen and oxygen atoms in total. The van der Waals surface area contributed by atoms with Crippen LogP contribution in [0.4, 0.5) is 5.69 Å². The standard InChI is InChI=1S/C19H22IN3O3S/c1-4-15-5-11-18(12-6-15)23(27(3,25)26)13-19(24)22-21-14(2)16-7-9-17(20)10-8-16/h5-12H,4,13H2,1-3H3,(H,22,24)/b21-14-. The Bertz CT molecular complexity index is 924. The third-order valence-electron chi connectivity index (χ3n) is 3.93. The quantitative estimate of drug-likeness (QED) is 0.361. The maximum atomic E-state index is 12.3. The summed E-state index contributed by atoms with van der Waals surface area (Å²) in [5.41, 5.74) is 5.49. The second-order valence-electron chi connectivity index (χ2n) is 6.03. The van der Waals surface area contributed by atoms with Gasteiger partial charge >= 0.3 is 0 Å². The summed E-state index contributed by atoms with van der Waals surface area (Å²) in [6.07, 6.45) is 1.93. The lowest BCUT2D eigenvalue weighted by Gasteiger charge is -2.21. The molecule has 2 aromatic carbocycles. The zero-order chi connectivity index (χ0) is 20.0. The van der Waals surface area contributed by atoms with Gasteiger partial charge in [0, 0.05) is 3.57 Å². The van der Waals surface area contributed by atoms with Crippen molar-refractivity contribution < 1.29 is 13.2 Å². The Balaban J connectivity index is 2.11. The summed E-state index contributed by atoms with van der Waals surface area (Å²) < 4.78 is 26.4. The Morgan fingerprint density at radius 3 is 2.22 bits per heavy atom. The Kier molecular flexibility index (Phi) is 7.37. The Morgan fingerprint density at radius 2 is 1.70 bits per heavy atom. The number of carbonyl (C=O) groups is 1. The molecule has 0 radical (unpaired) electrons. The van der Waals surface area contributed by atoms with Crippen LogP contribution in [0, 0.1) is 3.57 Å². The summed E-state index contributed by atoms with van der Waals surface area (Å²) >= 11 is 2.21. The van der Waals surface area contributed by atoms with Crippen LogP contribution in [0.2, 0.25) is 0 Å². The van der Waals surface area contributed by atoms with Crippen LogP contribution >= 0.6 is 22.6 Å². The van der Waals surface area contributed by atoms with E-state index in [1.54, 1.807) is 19.1 Å². The molecule has 0 saturated heterocycles. The largest absolute Gasteiger partial charge is 0.271 e. The number of halogens is 1. The van der Waals surface area contributed by atoms with Crippen molar-refractivity contribution in [2.45, 2.75) is 20.3 Å². The van der Waals surface area contributed by atoms with E-state index in [0.717, 1.165) is 31.7 Å². The monoisotopic (exact) mass is 499 g/mol. The number of nitrogens with zero attached hydrogens (tertiary/aromatic N) is 2. The van der Waals surface area contributed by atoms with Gasteiger partial charge in [-0.1, -0.05) is 31.2 Å². The first-order valence-electron chi connectivity index (χ1n) is 8.36. The molecular weight excluding hydrogens is 477 g/mol. The molecule has 8 heteroatoms. The smallest absolute Gasteiger partial charge is 0.260 e. The molecule has 0 atom stereocenters. The molecule has 0 bridgehead atoms. The Labute approximate surface area is 173 Å². The van der Waals surface area contributed by atoms with E-state index < -0.39 is 15.9 Å². The van der Waals surface area contributed by atoms with E-state index in [-0.39, 0.29) is 6.54 Å². The highest BCUT2D eigenvalue weighted by atomic mass is 127. The average Bonchev–Trinajstić information content (AvgIpc) is 2.64. The van der Waals surface area contributed by atoms with Crippen LogP contribution in [0.5, 0.6) is 0 Å². The predicted molar refractivity (Wildman–Crippen MR) is 118 cm³/mol. The topological polar surface area (TPSA) is 78.8 Å². The average molecular weight is 499 g/mol. The number of hydrazone groups is 1. The van der Waals surface area contributed by atoms with E-state index in [2.05, 4.69) is 33.1 Å². The highest BCUT2D eigenvalue weighted by Gasteiger charge is 2.20. The minimum atomic E-state index is -3.60. The molecule has 2 aromatic rings. The fourth-order valence-electron chi connectivity index (χ4n) is 2.37. The first-order valence-corrected chi connectivity index (χ1v) is 11.3. The van der Waals surface area contributed by atoms with Gasteiger partial charge < -0.3 is 0 Å². The van der Waals surface area contributed by atoms with Gasteiger partial charge in [-0.05, 0) is 71.3 Å². The number of benzene rings is 2. The van der Waals surface area contributed by atoms with Crippen LogP contribution in [-0.2, 0) is 21.2 Å². The molecule has 1 amide bonds. The number of aryl methyl sites for hydroxylation is 1. The fourth-order valence-corrected chi connectivity index (χ4v) is 3.58. The maximum Gasteiger partial charge on any atom is 0.260 e. The van der Waals surface area contributed by atoms with Gasteiger partial charge in [-0.25, -0.2) is 13.8 Å². The summed E-state index contributed by atoms with van der Waals surface area (Å²) in [5.74, 6) is -0.509. The number of rotatable bonds is 7. The van der Waals surface area contributed by atoms with Crippen LogP contribution in [0.1, 0.15) is 25.0 Å². The van der Waals surface area contributed by atoms with Crippen LogP contribution in [0.25, 0.3) is 0 Å². The minimum absolute atomic E-state index is 0.340. The van der Waals surface area contributed by atoms with E-state index >= 15 is 0 Å². The van der Waals surface area contributed by atoms with Crippen molar-refractivity contribution >= 4 is 49.9 Å².